The molecule has 0 saturated heterocycles. The second-order valence-electron chi connectivity index (χ2n) is 5.36. The molecule has 21 heavy (non-hydrogen) atoms. The van der Waals surface area contributed by atoms with Gasteiger partial charge in [-0.3, -0.25) is 4.79 Å². The molecular formula is C15H19N3OS2. The number of carbonyl (C=O) groups is 1. The average Bonchev–Trinajstić information content (AvgIpc) is 2.83. The van der Waals surface area contributed by atoms with Crippen LogP contribution in [-0.4, -0.2) is 27.7 Å². The van der Waals surface area contributed by atoms with E-state index in [0.717, 1.165) is 28.1 Å². The van der Waals surface area contributed by atoms with E-state index in [1.807, 2.05) is 11.4 Å². The molecule has 2 aromatic heterocycles. The first-order chi connectivity index (χ1) is 10.3. The smallest absolute Gasteiger partial charge is 0.230 e. The van der Waals surface area contributed by atoms with E-state index in [4.69, 9.17) is 0 Å². The van der Waals surface area contributed by atoms with Crippen LogP contribution in [0, 0.1) is 0 Å². The third kappa shape index (κ3) is 3.95. The van der Waals surface area contributed by atoms with Gasteiger partial charge in [-0.05, 0) is 24.3 Å². The molecule has 4 nitrogen and oxygen atoms in total. The van der Waals surface area contributed by atoms with Crippen LogP contribution < -0.4 is 5.32 Å². The Hall–Kier alpha value is -1.14. The predicted octanol–water partition coefficient (Wildman–Crippen LogP) is 3.62. The molecule has 1 amide bonds. The highest BCUT2D eigenvalue weighted by molar-refractivity contribution is 8.00. The van der Waals surface area contributed by atoms with E-state index < -0.39 is 0 Å². The number of aromatic nitrogens is 2. The van der Waals surface area contributed by atoms with Crippen LogP contribution in [0.25, 0.3) is 10.2 Å². The summed E-state index contributed by atoms with van der Waals surface area (Å²) in [6.45, 7) is 0. The van der Waals surface area contributed by atoms with Crippen molar-refractivity contribution in [3.8, 4) is 0 Å². The van der Waals surface area contributed by atoms with E-state index >= 15 is 0 Å². The minimum absolute atomic E-state index is 0.121. The van der Waals surface area contributed by atoms with Crippen LogP contribution in [0.15, 0.2) is 22.8 Å². The molecule has 6 heteroatoms. The zero-order valence-electron chi connectivity index (χ0n) is 11.9. The van der Waals surface area contributed by atoms with Crippen LogP contribution in [0.3, 0.4) is 0 Å². The van der Waals surface area contributed by atoms with Gasteiger partial charge < -0.3 is 5.32 Å². The molecule has 0 bridgehead atoms. The summed E-state index contributed by atoms with van der Waals surface area (Å²) < 4.78 is 1.07. The number of fused-ring (bicyclic) bond motifs is 1. The average molecular weight is 321 g/mol. The van der Waals surface area contributed by atoms with Crippen LogP contribution in [0.4, 0.5) is 0 Å². The van der Waals surface area contributed by atoms with Crippen molar-refractivity contribution in [1.82, 2.24) is 15.3 Å². The maximum Gasteiger partial charge on any atom is 0.230 e. The SMILES string of the molecule is O=C(CSc1ncnc2ccsc12)NC1CCCCCC1. The molecule has 2 heterocycles. The number of hydrogen-bond donors (Lipinski definition) is 1. The number of amides is 1. The number of nitrogens with one attached hydrogen (secondary N) is 1. The minimum Gasteiger partial charge on any atom is -0.353 e. The number of rotatable bonds is 4. The molecule has 1 aliphatic carbocycles. The summed E-state index contributed by atoms with van der Waals surface area (Å²) in [5.74, 6) is 0.552. The highest BCUT2D eigenvalue weighted by atomic mass is 32.2. The van der Waals surface area contributed by atoms with Gasteiger partial charge in [-0.15, -0.1) is 11.3 Å². The van der Waals surface area contributed by atoms with Gasteiger partial charge in [0.15, 0.2) is 0 Å². The summed E-state index contributed by atoms with van der Waals surface area (Å²) >= 11 is 3.13. The number of thioether (sulfide) groups is 1. The van der Waals surface area contributed by atoms with Gasteiger partial charge in [-0.1, -0.05) is 37.4 Å². The van der Waals surface area contributed by atoms with Gasteiger partial charge in [0.2, 0.25) is 5.91 Å². The van der Waals surface area contributed by atoms with Gasteiger partial charge in [-0.25, -0.2) is 9.97 Å². The summed E-state index contributed by atoms with van der Waals surface area (Å²) in [5.41, 5.74) is 0.960. The van der Waals surface area contributed by atoms with Crippen LogP contribution >= 0.6 is 23.1 Å². The maximum absolute atomic E-state index is 12.1. The molecule has 1 aliphatic rings. The number of nitrogens with zero attached hydrogens (tertiary/aromatic N) is 2. The van der Waals surface area contributed by atoms with E-state index in [9.17, 15) is 4.79 Å². The molecule has 2 aromatic rings. The van der Waals surface area contributed by atoms with Gasteiger partial charge in [0, 0.05) is 6.04 Å². The Morgan fingerprint density at radius 2 is 2.10 bits per heavy atom. The summed E-state index contributed by atoms with van der Waals surface area (Å²) in [4.78, 5) is 20.6. The molecule has 0 spiro atoms. The standard InChI is InChI=1S/C15H19N3OS2/c19-13(18-11-5-3-1-2-4-6-11)9-21-15-14-12(7-8-20-14)16-10-17-15/h7-8,10-11H,1-6,9H2,(H,18,19). The third-order valence-corrected chi connectivity index (χ3v) is 5.80. The first-order valence-electron chi connectivity index (χ1n) is 7.43. The van der Waals surface area contributed by atoms with E-state index in [1.165, 1.54) is 37.4 Å². The lowest BCUT2D eigenvalue weighted by Gasteiger charge is -2.15. The summed E-state index contributed by atoms with van der Waals surface area (Å²) in [6.07, 6.45) is 8.90. The molecule has 0 atom stereocenters. The fraction of sp³-hybridized carbons (Fsp3) is 0.533. The van der Waals surface area contributed by atoms with E-state index in [1.54, 1.807) is 17.7 Å². The summed E-state index contributed by atoms with van der Waals surface area (Å²) in [7, 11) is 0. The van der Waals surface area contributed by atoms with Crippen molar-refractivity contribution in [3.05, 3.63) is 17.8 Å². The minimum atomic E-state index is 0.121. The van der Waals surface area contributed by atoms with Gasteiger partial charge in [0.25, 0.3) is 0 Å². The highest BCUT2D eigenvalue weighted by Crippen LogP contribution is 2.28. The number of hydrogen-bond acceptors (Lipinski definition) is 5. The molecule has 1 saturated carbocycles. The molecule has 112 valence electrons. The number of carbonyl (C=O) groups excluding carboxylic acids is 1. The van der Waals surface area contributed by atoms with Crippen LogP contribution in [0.2, 0.25) is 0 Å². The predicted molar refractivity (Wildman–Crippen MR) is 87.8 cm³/mol. The first kappa shape index (κ1) is 14.8. The molecule has 0 aliphatic heterocycles. The van der Waals surface area contributed by atoms with Crippen molar-refractivity contribution in [2.45, 2.75) is 49.6 Å². The quantitative estimate of drug-likeness (QED) is 0.531. The van der Waals surface area contributed by atoms with Gasteiger partial charge in [0.1, 0.15) is 11.4 Å². The van der Waals surface area contributed by atoms with Gasteiger partial charge >= 0.3 is 0 Å². The summed E-state index contributed by atoms with van der Waals surface area (Å²) in [5, 5.41) is 6.09. The Balaban J connectivity index is 1.54. The lowest BCUT2D eigenvalue weighted by Crippen LogP contribution is -2.35. The fourth-order valence-corrected chi connectivity index (χ4v) is 4.45. The molecule has 0 radical (unpaired) electrons. The van der Waals surface area contributed by atoms with Crippen LogP contribution in [0.1, 0.15) is 38.5 Å². The summed E-state index contributed by atoms with van der Waals surface area (Å²) in [6, 6.07) is 2.35. The Labute approximate surface area is 132 Å². The molecule has 1 N–H and O–H groups in total. The first-order valence-corrected chi connectivity index (χ1v) is 9.30. The van der Waals surface area contributed by atoms with Crippen LogP contribution in [0.5, 0.6) is 0 Å². The van der Waals surface area contributed by atoms with E-state index in [0.29, 0.717) is 11.8 Å². The normalized spacial score (nSPS) is 16.8. The van der Waals surface area contributed by atoms with Gasteiger partial charge in [0.05, 0.1) is 16.0 Å². The van der Waals surface area contributed by atoms with E-state index in [2.05, 4.69) is 15.3 Å². The van der Waals surface area contributed by atoms with Crippen molar-refractivity contribution in [1.29, 1.82) is 0 Å². The van der Waals surface area contributed by atoms with Crippen LogP contribution in [-0.2, 0) is 4.79 Å². The van der Waals surface area contributed by atoms with Crippen molar-refractivity contribution in [2.75, 3.05) is 5.75 Å². The third-order valence-electron chi connectivity index (χ3n) is 3.77. The molecule has 0 unspecified atom stereocenters. The Morgan fingerprint density at radius 3 is 2.90 bits per heavy atom. The molecule has 0 aromatic carbocycles. The maximum atomic E-state index is 12.1. The molecule has 3 rings (SSSR count). The van der Waals surface area contributed by atoms with E-state index in [-0.39, 0.29) is 5.91 Å². The second kappa shape index (κ2) is 7.22. The fourth-order valence-electron chi connectivity index (χ4n) is 2.70. The van der Waals surface area contributed by atoms with Crippen molar-refractivity contribution in [2.24, 2.45) is 0 Å². The Kier molecular flexibility index (Phi) is 5.08. The van der Waals surface area contributed by atoms with Crippen molar-refractivity contribution < 1.29 is 4.79 Å². The second-order valence-corrected chi connectivity index (χ2v) is 7.24. The lowest BCUT2D eigenvalue weighted by molar-refractivity contribution is -0.119. The zero-order chi connectivity index (χ0) is 14.5. The highest BCUT2D eigenvalue weighted by Gasteiger charge is 2.15. The number of thiophene rings is 1. The topological polar surface area (TPSA) is 54.9 Å². The Morgan fingerprint density at radius 1 is 1.29 bits per heavy atom. The molecule has 1 fully saturated rings. The lowest BCUT2D eigenvalue weighted by atomic mass is 10.1. The Bertz CT molecular complexity index is 606. The van der Waals surface area contributed by atoms with Gasteiger partial charge in [-0.2, -0.15) is 0 Å². The van der Waals surface area contributed by atoms with Crippen molar-refractivity contribution >= 4 is 39.2 Å². The van der Waals surface area contributed by atoms with Crippen molar-refractivity contribution in [3.63, 3.8) is 0 Å². The zero-order valence-corrected chi connectivity index (χ0v) is 13.5. The molecular weight excluding hydrogens is 302 g/mol. The largest absolute Gasteiger partial charge is 0.353 e. The monoisotopic (exact) mass is 321 g/mol.